The third-order valence-electron chi connectivity index (χ3n) is 3.11. The van der Waals surface area contributed by atoms with Crippen molar-refractivity contribution >= 4 is 5.69 Å². The van der Waals surface area contributed by atoms with Crippen LogP contribution < -0.4 is 4.74 Å². The van der Waals surface area contributed by atoms with Crippen LogP contribution in [0.4, 0.5) is 5.69 Å². The molecule has 5 nitrogen and oxygen atoms in total. The Kier molecular flexibility index (Phi) is 4.52. The molecule has 0 aliphatic carbocycles. The Hall–Kier alpha value is -2.87. The third-order valence-corrected chi connectivity index (χ3v) is 3.11. The molecule has 0 aromatic heterocycles. The summed E-state index contributed by atoms with van der Waals surface area (Å²) in [6, 6.07) is 13.9. The maximum absolute atomic E-state index is 11.1. The van der Waals surface area contributed by atoms with Crippen molar-refractivity contribution in [3.63, 3.8) is 0 Å². The second-order valence-corrected chi connectivity index (χ2v) is 4.51. The first kappa shape index (κ1) is 14.5. The molecule has 0 amide bonds. The summed E-state index contributed by atoms with van der Waals surface area (Å²) < 4.78 is 5.53. The maximum atomic E-state index is 11.1. The second-order valence-electron chi connectivity index (χ2n) is 4.51. The van der Waals surface area contributed by atoms with Crippen LogP contribution in [-0.2, 0) is 13.0 Å². The van der Waals surface area contributed by atoms with Crippen molar-refractivity contribution in [2.24, 2.45) is 0 Å². The molecule has 0 aliphatic heterocycles. The van der Waals surface area contributed by atoms with Crippen LogP contribution >= 0.6 is 0 Å². The van der Waals surface area contributed by atoms with Gasteiger partial charge in [0.1, 0.15) is 6.61 Å². The molecule has 21 heavy (non-hydrogen) atoms. The van der Waals surface area contributed by atoms with Gasteiger partial charge in [0.25, 0.3) is 0 Å². The van der Waals surface area contributed by atoms with Gasteiger partial charge in [-0.3, -0.25) is 10.1 Å². The van der Waals surface area contributed by atoms with E-state index in [9.17, 15) is 10.1 Å². The molecule has 0 heterocycles. The Morgan fingerprint density at radius 2 is 1.86 bits per heavy atom. The van der Waals surface area contributed by atoms with Gasteiger partial charge in [0, 0.05) is 6.07 Å². The van der Waals surface area contributed by atoms with Crippen LogP contribution in [0.5, 0.6) is 5.75 Å². The summed E-state index contributed by atoms with van der Waals surface area (Å²) in [5, 5.41) is 19.8. The highest BCUT2D eigenvalue weighted by atomic mass is 16.6. The smallest absolute Gasteiger partial charge is 0.311 e. The minimum absolute atomic E-state index is 0.0250. The minimum atomic E-state index is -0.437. The monoisotopic (exact) mass is 282 g/mol. The van der Waals surface area contributed by atoms with E-state index in [1.807, 2.05) is 19.1 Å². The zero-order chi connectivity index (χ0) is 15.2. The van der Waals surface area contributed by atoms with E-state index in [2.05, 4.69) is 0 Å². The standard InChI is InChI=1S/C16H14N2O3/c1-2-12-7-8-16(15(9-12)18(19)20)21-11-14-5-3-13(10-17)4-6-14/h3-9H,2,11H2,1H3. The molecular formula is C16H14N2O3. The summed E-state index contributed by atoms with van der Waals surface area (Å²) >= 11 is 0. The number of nitriles is 1. The predicted molar refractivity (Wildman–Crippen MR) is 78.0 cm³/mol. The van der Waals surface area contributed by atoms with Gasteiger partial charge in [0.15, 0.2) is 5.75 Å². The number of rotatable bonds is 5. The van der Waals surface area contributed by atoms with E-state index in [0.717, 1.165) is 17.5 Å². The molecule has 0 N–H and O–H groups in total. The summed E-state index contributed by atoms with van der Waals surface area (Å²) in [5.41, 5.74) is 2.29. The van der Waals surface area contributed by atoms with Gasteiger partial charge < -0.3 is 4.74 Å². The Morgan fingerprint density at radius 3 is 2.43 bits per heavy atom. The lowest BCUT2D eigenvalue weighted by atomic mass is 10.1. The molecular weight excluding hydrogens is 268 g/mol. The van der Waals surface area contributed by atoms with Crippen LogP contribution in [-0.4, -0.2) is 4.92 Å². The number of nitro groups is 1. The molecule has 0 saturated carbocycles. The number of ether oxygens (including phenoxy) is 1. The van der Waals surface area contributed by atoms with Crippen molar-refractivity contribution < 1.29 is 9.66 Å². The maximum Gasteiger partial charge on any atom is 0.311 e. The average Bonchev–Trinajstić information content (AvgIpc) is 2.53. The summed E-state index contributed by atoms with van der Waals surface area (Å²) in [7, 11) is 0. The fraction of sp³-hybridized carbons (Fsp3) is 0.188. The molecule has 0 fully saturated rings. The molecule has 2 aromatic rings. The zero-order valence-corrected chi connectivity index (χ0v) is 11.6. The van der Waals surface area contributed by atoms with Crippen LogP contribution in [0, 0.1) is 21.4 Å². The Labute approximate surface area is 122 Å². The van der Waals surface area contributed by atoms with Gasteiger partial charge in [-0.05, 0) is 35.7 Å². The Morgan fingerprint density at radius 1 is 1.19 bits per heavy atom. The molecule has 0 spiro atoms. The normalized spacial score (nSPS) is 9.90. The van der Waals surface area contributed by atoms with Crippen LogP contribution in [0.2, 0.25) is 0 Å². The van der Waals surface area contributed by atoms with Crippen LogP contribution in [0.25, 0.3) is 0 Å². The zero-order valence-electron chi connectivity index (χ0n) is 11.6. The van der Waals surface area contributed by atoms with E-state index in [-0.39, 0.29) is 18.0 Å². The van der Waals surface area contributed by atoms with Gasteiger partial charge in [-0.25, -0.2) is 0 Å². The Balaban J connectivity index is 2.15. The van der Waals surface area contributed by atoms with Gasteiger partial charge in [-0.1, -0.05) is 25.1 Å². The van der Waals surface area contributed by atoms with Gasteiger partial charge in [0.05, 0.1) is 16.6 Å². The number of nitro benzene ring substituents is 1. The number of nitrogens with zero attached hydrogens (tertiary/aromatic N) is 2. The number of hydrogen-bond donors (Lipinski definition) is 0. The molecule has 5 heteroatoms. The highest BCUT2D eigenvalue weighted by molar-refractivity contribution is 5.48. The van der Waals surface area contributed by atoms with E-state index in [1.165, 1.54) is 6.07 Å². The van der Waals surface area contributed by atoms with Crippen LogP contribution in [0.3, 0.4) is 0 Å². The summed E-state index contributed by atoms with van der Waals surface area (Å²) in [5.74, 6) is 0.251. The number of hydrogen-bond acceptors (Lipinski definition) is 4. The number of aryl methyl sites for hydroxylation is 1. The van der Waals surface area contributed by atoms with Crippen molar-refractivity contribution in [2.75, 3.05) is 0 Å². The Bertz CT molecular complexity index is 688. The van der Waals surface area contributed by atoms with Crippen LogP contribution in [0.1, 0.15) is 23.6 Å². The summed E-state index contributed by atoms with van der Waals surface area (Å²) in [6.07, 6.45) is 0.733. The first-order chi connectivity index (χ1) is 10.1. The van der Waals surface area contributed by atoms with E-state index < -0.39 is 4.92 Å². The van der Waals surface area contributed by atoms with E-state index in [0.29, 0.717) is 5.56 Å². The molecule has 0 aliphatic rings. The quantitative estimate of drug-likeness (QED) is 0.620. The van der Waals surface area contributed by atoms with Crippen molar-refractivity contribution in [3.8, 4) is 11.8 Å². The van der Waals surface area contributed by atoms with Gasteiger partial charge in [-0.2, -0.15) is 5.26 Å². The minimum Gasteiger partial charge on any atom is -0.482 e. The van der Waals surface area contributed by atoms with Gasteiger partial charge in [-0.15, -0.1) is 0 Å². The highest BCUT2D eigenvalue weighted by Crippen LogP contribution is 2.28. The lowest BCUT2D eigenvalue weighted by molar-refractivity contribution is -0.386. The largest absolute Gasteiger partial charge is 0.482 e. The molecule has 0 radical (unpaired) electrons. The molecule has 0 unspecified atom stereocenters. The van der Waals surface area contributed by atoms with E-state index in [4.69, 9.17) is 10.00 Å². The summed E-state index contributed by atoms with van der Waals surface area (Å²) in [6.45, 7) is 2.16. The first-order valence-corrected chi connectivity index (χ1v) is 6.53. The van der Waals surface area contributed by atoms with Crippen molar-refractivity contribution in [3.05, 3.63) is 69.3 Å². The molecule has 0 atom stereocenters. The van der Waals surface area contributed by atoms with Crippen molar-refractivity contribution in [1.29, 1.82) is 5.26 Å². The van der Waals surface area contributed by atoms with Crippen LogP contribution in [0.15, 0.2) is 42.5 Å². The fourth-order valence-electron chi connectivity index (χ4n) is 1.88. The topological polar surface area (TPSA) is 76.2 Å². The predicted octanol–water partition coefficient (Wildman–Crippen LogP) is 3.61. The molecule has 106 valence electrons. The lowest BCUT2D eigenvalue weighted by Gasteiger charge is -2.08. The lowest BCUT2D eigenvalue weighted by Crippen LogP contribution is -2.00. The summed E-state index contributed by atoms with van der Waals surface area (Å²) in [4.78, 5) is 10.6. The van der Waals surface area contributed by atoms with Gasteiger partial charge in [0.2, 0.25) is 0 Å². The highest BCUT2D eigenvalue weighted by Gasteiger charge is 2.15. The second kappa shape index (κ2) is 6.53. The molecule has 2 rings (SSSR count). The van der Waals surface area contributed by atoms with E-state index in [1.54, 1.807) is 30.3 Å². The van der Waals surface area contributed by atoms with Gasteiger partial charge >= 0.3 is 5.69 Å². The SMILES string of the molecule is CCc1ccc(OCc2ccc(C#N)cc2)c([N+](=O)[O-])c1. The molecule has 0 bridgehead atoms. The average molecular weight is 282 g/mol. The first-order valence-electron chi connectivity index (χ1n) is 6.53. The van der Waals surface area contributed by atoms with E-state index >= 15 is 0 Å². The molecule has 0 saturated heterocycles. The van der Waals surface area contributed by atoms with Crippen molar-refractivity contribution in [1.82, 2.24) is 0 Å². The molecule has 2 aromatic carbocycles. The third kappa shape index (κ3) is 3.57. The number of benzene rings is 2. The van der Waals surface area contributed by atoms with Crippen molar-refractivity contribution in [2.45, 2.75) is 20.0 Å². The fourth-order valence-corrected chi connectivity index (χ4v) is 1.88.